The SMILES string of the molecule is COCC(C)OCC(=O)c1ccc(Cl)s1. The highest BCUT2D eigenvalue weighted by molar-refractivity contribution is 7.18. The molecule has 1 aromatic rings. The van der Waals surface area contributed by atoms with Gasteiger partial charge in [0.2, 0.25) is 0 Å². The first-order valence-corrected chi connectivity index (χ1v) is 5.72. The predicted molar refractivity (Wildman–Crippen MR) is 60.9 cm³/mol. The molecule has 0 saturated heterocycles. The summed E-state index contributed by atoms with van der Waals surface area (Å²) in [6, 6.07) is 3.41. The van der Waals surface area contributed by atoms with Crippen LogP contribution in [0.1, 0.15) is 16.6 Å². The smallest absolute Gasteiger partial charge is 0.198 e. The van der Waals surface area contributed by atoms with Crippen LogP contribution in [0.25, 0.3) is 0 Å². The second-order valence-electron chi connectivity index (χ2n) is 3.10. The summed E-state index contributed by atoms with van der Waals surface area (Å²) in [6.07, 6.45) is -0.0746. The molecule has 0 bridgehead atoms. The molecule has 0 radical (unpaired) electrons. The van der Waals surface area contributed by atoms with E-state index in [1.54, 1.807) is 19.2 Å². The van der Waals surface area contributed by atoms with Crippen LogP contribution in [0.5, 0.6) is 0 Å². The van der Waals surface area contributed by atoms with Crippen molar-refractivity contribution in [1.29, 1.82) is 0 Å². The molecule has 0 amide bonds. The van der Waals surface area contributed by atoms with Crippen LogP contribution in [-0.4, -0.2) is 32.2 Å². The molecule has 0 N–H and O–H groups in total. The van der Waals surface area contributed by atoms with E-state index in [0.717, 1.165) is 0 Å². The van der Waals surface area contributed by atoms with Gasteiger partial charge in [0.05, 0.1) is 21.9 Å². The minimum absolute atomic E-state index is 0.0464. The maximum Gasteiger partial charge on any atom is 0.198 e. The van der Waals surface area contributed by atoms with Gasteiger partial charge in [-0.15, -0.1) is 11.3 Å². The second kappa shape index (κ2) is 6.23. The van der Waals surface area contributed by atoms with Crippen molar-refractivity contribution in [2.45, 2.75) is 13.0 Å². The fourth-order valence-corrected chi connectivity index (χ4v) is 2.00. The fraction of sp³-hybridized carbons (Fsp3) is 0.500. The highest BCUT2D eigenvalue weighted by atomic mass is 35.5. The largest absolute Gasteiger partial charge is 0.382 e. The van der Waals surface area contributed by atoms with E-state index in [2.05, 4.69) is 0 Å². The Morgan fingerprint density at radius 2 is 2.33 bits per heavy atom. The molecular formula is C10H13ClO3S. The molecule has 0 aliphatic carbocycles. The molecule has 1 aromatic heterocycles. The van der Waals surface area contributed by atoms with Crippen LogP contribution in [0.3, 0.4) is 0 Å². The van der Waals surface area contributed by atoms with Crippen LogP contribution in [0.4, 0.5) is 0 Å². The lowest BCUT2D eigenvalue weighted by molar-refractivity contribution is 0.0127. The Kier molecular flexibility index (Phi) is 5.25. The van der Waals surface area contributed by atoms with E-state index >= 15 is 0 Å². The predicted octanol–water partition coefficient (Wildman–Crippen LogP) is 2.64. The lowest BCUT2D eigenvalue weighted by Crippen LogP contribution is -2.19. The fourth-order valence-electron chi connectivity index (χ4n) is 1.04. The standard InChI is InChI=1S/C10H13ClO3S/c1-7(5-13-2)14-6-8(12)9-3-4-10(11)15-9/h3-4,7H,5-6H2,1-2H3. The van der Waals surface area contributed by atoms with Crippen LogP contribution in [0, 0.1) is 0 Å². The third-order valence-electron chi connectivity index (χ3n) is 1.75. The van der Waals surface area contributed by atoms with E-state index in [-0.39, 0.29) is 18.5 Å². The van der Waals surface area contributed by atoms with Crippen LogP contribution in [0.15, 0.2) is 12.1 Å². The quantitative estimate of drug-likeness (QED) is 0.726. The number of rotatable bonds is 6. The van der Waals surface area contributed by atoms with E-state index in [4.69, 9.17) is 21.1 Å². The van der Waals surface area contributed by atoms with Gasteiger partial charge in [0.15, 0.2) is 5.78 Å². The number of halogens is 1. The molecule has 1 rings (SSSR count). The van der Waals surface area contributed by atoms with Gasteiger partial charge >= 0.3 is 0 Å². The average molecular weight is 249 g/mol. The molecule has 1 heterocycles. The van der Waals surface area contributed by atoms with E-state index in [9.17, 15) is 4.79 Å². The number of carbonyl (C=O) groups excluding carboxylic acids is 1. The topological polar surface area (TPSA) is 35.5 Å². The molecule has 15 heavy (non-hydrogen) atoms. The Balaban J connectivity index is 2.36. The van der Waals surface area contributed by atoms with Gasteiger partial charge in [0.1, 0.15) is 6.61 Å². The van der Waals surface area contributed by atoms with Gasteiger partial charge in [0.25, 0.3) is 0 Å². The summed E-state index contributed by atoms with van der Waals surface area (Å²) in [5, 5.41) is 0. The maximum absolute atomic E-state index is 11.6. The number of methoxy groups -OCH3 is 1. The summed E-state index contributed by atoms with van der Waals surface area (Å²) < 4.78 is 10.8. The van der Waals surface area contributed by atoms with Crippen LogP contribution < -0.4 is 0 Å². The molecule has 84 valence electrons. The number of ether oxygens (including phenoxy) is 2. The summed E-state index contributed by atoms with van der Waals surface area (Å²) in [6.45, 7) is 2.41. The van der Waals surface area contributed by atoms with Gasteiger partial charge in [-0.1, -0.05) is 11.6 Å². The third-order valence-corrected chi connectivity index (χ3v) is 3.02. The molecule has 5 heteroatoms. The second-order valence-corrected chi connectivity index (χ2v) is 4.82. The van der Waals surface area contributed by atoms with Crippen molar-refractivity contribution in [1.82, 2.24) is 0 Å². The van der Waals surface area contributed by atoms with Crippen molar-refractivity contribution in [2.24, 2.45) is 0 Å². The van der Waals surface area contributed by atoms with E-state index < -0.39 is 0 Å². The number of carbonyl (C=O) groups is 1. The summed E-state index contributed by atoms with van der Waals surface area (Å²) in [5.74, 6) is -0.0464. The highest BCUT2D eigenvalue weighted by Crippen LogP contribution is 2.21. The molecule has 0 saturated carbocycles. The van der Waals surface area contributed by atoms with E-state index in [0.29, 0.717) is 15.8 Å². The minimum Gasteiger partial charge on any atom is -0.382 e. The Morgan fingerprint density at radius 3 is 2.87 bits per heavy atom. The van der Waals surface area contributed by atoms with Crippen LogP contribution in [0.2, 0.25) is 4.34 Å². The van der Waals surface area contributed by atoms with Gasteiger partial charge in [0, 0.05) is 7.11 Å². The first-order chi connectivity index (χ1) is 7.13. The maximum atomic E-state index is 11.6. The van der Waals surface area contributed by atoms with Crippen molar-refractivity contribution in [3.05, 3.63) is 21.3 Å². The van der Waals surface area contributed by atoms with Crippen molar-refractivity contribution < 1.29 is 14.3 Å². The Hall–Kier alpha value is -0.420. The Labute approximate surface area is 98.0 Å². The zero-order valence-corrected chi connectivity index (χ0v) is 10.2. The number of hydrogen-bond donors (Lipinski definition) is 0. The molecule has 0 spiro atoms. The lowest BCUT2D eigenvalue weighted by atomic mass is 10.3. The van der Waals surface area contributed by atoms with Gasteiger partial charge in [-0.05, 0) is 19.1 Å². The first kappa shape index (κ1) is 12.6. The van der Waals surface area contributed by atoms with Gasteiger partial charge < -0.3 is 9.47 Å². The number of hydrogen-bond acceptors (Lipinski definition) is 4. The zero-order chi connectivity index (χ0) is 11.3. The average Bonchev–Trinajstić information content (AvgIpc) is 2.62. The molecule has 0 aliphatic rings. The Bertz CT molecular complexity index is 324. The minimum atomic E-state index is -0.0746. The number of thiophene rings is 1. The van der Waals surface area contributed by atoms with Crippen LogP contribution >= 0.6 is 22.9 Å². The molecule has 0 fully saturated rings. The highest BCUT2D eigenvalue weighted by Gasteiger charge is 2.10. The lowest BCUT2D eigenvalue weighted by Gasteiger charge is -2.10. The van der Waals surface area contributed by atoms with Crippen molar-refractivity contribution in [2.75, 3.05) is 20.3 Å². The summed E-state index contributed by atoms with van der Waals surface area (Å²) in [5.41, 5.74) is 0. The summed E-state index contributed by atoms with van der Waals surface area (Å²) in [7, 11) is 1.60. The molecule has 0 aromatic carbocycles. The van der Waals surface area contributed by atoms with Crippen LogP contribution in [-0.2, 0) is 9.47 Å². The Morgan fingerprint density at radius 1 is 1.60 bits per heavy atom. The molecule has 1 unspecified atom stereocenters. The summed E-state index contributed by atoms with van der Waals surface area (Å²) >= 11 is 6.99. The monoisotopic (exact) mass is 248 g/mol. The van der Waals surface area contributed by atoms with Crippen molar-refractivity contribution in [3.8, 4) is 0 Å². The summed E-state index contributed by atoms with van der Waals surface area (Å²) in [4.78, 5) is 12.2. The third kappa shape index (κ3) is 4.30. The van der Waals surface area contributed by atoms with Gasteiger partial charge in [-0.2, -0.15) is 0 Å². The molecule has 3 nitrogen and oxygen atoms in total. The molecule has 1 atom stereocenters. The number of ketones is 1. The normalized spacial score (nSPS) is 12.7. The van der Waals surface area contributed by atoms with E-state index in [1.807, 2.05) is 6.92 Å². The van der Waals surface area contributed by atoms with E-state index in [1.165, 1.54) is 11.3 Å². The zero-order valence-electron chi connectivity index (χ0n) is 8.66. The van der Waals surface area contributed by atoms with Crippen molar-refractivity contribution in [3.63, 3.8) is 0 Å². The molecule has 0 aliphatic heterocycles. The first-order valence-electron chi connectivity index (χ1n) is 4.52. The molecular weight excluding hydrogens is 236 g/mol. The van der Waals surface area contributed by atoms with Crippen molar-refractivity contribution >= 4 is 28.7 Å². The number of Topliss-reactive ketones (excluding diaryl/α,β-unsaturated/α-hetero) is 1. The van der Waals surface area contributed by atoms with Gasteiger partial charge in [-0.25, -0.2) is 0 Å². The van der Waals surface area contributed by atoms with Gasteiger partial charge in [-0.3, -0.25) is 4.79 Å².